The Morgan fingerprint density at radius 1 is 0.907 bits per heavy atom. The van der Waals surface area contributed by atoms with Gasteiger partial charge in [-0.15, -0.1) is 0 Å². The average molecular weight is 927 g/mol. The van der Waals surface area contributed by atoms with Gasteiger partial charge >= 0.3 is 294 Å². The Bertz CT molecular complexity index is 1270. The predicted molar refractivity (Wildman–Crippen MR) is 174 cm³/mol. The number of rotatable bonds is 16. The van der Waals surface area contributed by atoms with Crippen LogP contribution in [0.3, 0.4) is 0 Å². The number of halogens is 3. The van der Waals surface area contributed by atoms with Crippen LogP contribution in [0.5, 0.6) is 17.2 Å². The molecule has 1 amide bonds. The molecule has 6 nitrogen and oxygen atoms in total. The number of alkyl halides is 5. The van der Waals surface area contributed by atoms with Crippen LogP contribution in [0.4, 0.5) is 0 Å². The van der Waals surface area contributed by atoms with Gasteiger partial charge in [-0.25, -0.2) is 0 Å². The second-order valence-corrected chi connectivity index (χ2v) is 19.9. The van der Waals surface area contributed by atoms with Crippen LogP contribution in [0, 0.1) is 5.92 Å². The molecule has 0 radical (unpaired) electrons. The summed E-state index contributed by atoms with van der Waals surface area (Å²) in [7, 11) is 6.93. The molecule has 0 heterocycles. The van der Waals surface area contributed by atoms with Gasteiger partial charge in [-0.1, -0.05) is 0 Å². The van der Waals surface area contributed by atoms with E-state index in [0.717, 1.165) is 53.3 Å². The van der Waals surface area contributed by atoms with E-state index in [0.29, 0.717) is 10.3 Å². The molecule has 0 aromatic heterocycles. The maximum atomic E-state index is 12.8. The Kier molecular flexibility index (Phi) is 14.2. The summed E-state index contributed by atoms with van der Waals surface area (Å²) in [5.41, 5.74) is 2.08. The minimum absolute atomic E-state index is 0.0261. The molecular formula is C34H44I3NO5-2. The fraction of sp³-hybridized carbons (Fsp3) is 0.441. The third-order valence-electron chi connectivity index (χ3n) is 7.45. The van der Waals surface area contributed by atoms with Crippen LogP contribution in [-0.2, 0) is 11.8 Å². The van der Waals surface area contributed by atoms with Gasteiger partial charge in [0.05, 0.1) is 0 Å². The first-order chi connectivity index (χ1) is 20.6. The molecule has 1 atom stereocenters. The molecule has 0 fully saturated rings. The van der Waals surface area contributed by atoms with Crippen molar-refractivity contribution in [3.63, 3.8) is 0 Å². The first-order valence-corrected chi connectivity index (χ1v) is 21.6. The number of carbonyl (C=O) groups is 1. The van der Waals surface area contributed by atoms with Gasteiger partial charge in [0.2, 0.25) is 0 Å². The number of ether oxygens (including phenoxy) is 3. The van der Waals surface area contributed by atoms with E-state index in [1.807, 2.05) is 72.6 Å². The molecule has 3 aromatic carbocycles. The van der Waals surface area contributed by atoms with E-state index < -0.39 is 5.60 Å². The van der Waals surface area contributed by atoms with Crippen molar-refractivity contribution < 1.29 is 66.5 Å². The summed E-state index contributed by atoms with van der Waals surface area (Å²) in [4.78, 5) is 16.5. The van der Waals surface area contributed by atoms with E-state index in [-0.39, 0.29) is 49.7 Å². The zero-order chi connectivity index (χ0) is 31.6. The fourth-order valence-electron chi connectivity index (χ4n) is 4.95. The number of hydrogen-bond acceptors (Lipinski definition) is 5. The molecule has 3 rings (SSSR count). The number of aliphatic hydroxyl groups is 1. The number of methoxy groups -OCH3 is 3. The van der Waals surface area contributed by atoms with E-state index >= 15 is 0 Å². The molecular weight excluding hydrogens is 883 g/mol. The standard InChI is InChI=1S/C34H44I3NO5/c1-24(2)23-37-33(36-3,19-8-20-38(4)32(39)22-35)30-21-27(13-18-31(30)43-7)34(40,25-9-14-28(41-5)15-10-25)26-11-16-29(42-6)17-12-26/h9-18,21,24,40H,8,19-20,22-23H2,1-7H3/q-2/t33-/m1/s1. The van der Waals surface area contributed by atoms with Crippen LogP contribution in [0.25, 0.3) is 0 Å². The van der Waals surface area contributed by atoms with E-state index in [1.165, 1.54) is 9.99 Å². The molecule has 0 bridgehead atoms. The quantitative estimate of drug-likeness (QED) is 0.127. The number of carbonyl (C=O) groups excluding carboxylic acids is 1. The SMILES string of the molecule is COc1ccc(C(O)(c2ccc(OC)cc2)c2ccc(OC)c([C@](CCCN(C)C(=O)CI)([I-]C)[I-]CC(C)C)c2)cc1. The second-order valence-electron chi connectivity index (χ2n) is 10.7. The summed E-state index contributed by atoms with van der Waals surface area (Å²) in [6.07, 6.45) is 1.93. The van der Waals surface area contributed by atoms with E-state index in [9.17, 15) is 9.90 Å². The molecule has 9 heteroatoms. The summed E-state index contributed by atoms with van der Waals surface area (Å²) < 4.78 is 18.6. The Labute approximate surface area is 291 Å². The van der Waals surface area contributed by atoms with Crippen molar-refractivity contribution in [2.45, 2.75) is 33.7 Å². The van der Waals surface area contributed by atoms with Crippen LogP contribution in [0.2, 0.25) is 0 Å². The van der Waals surface area contributed by atoms with Crippen LogP contribution < -0.4 is 56.6 Å². The number of amides is 1. The normalized spacial score (nSPS) is 13.2. The van der Waals surface area contributed by atoms with E-state index in [2.05, 4.69) is 47.4 Å². The molecule has 0 aliphatic rings. The van der Waals surface area contributed by atoms with Crippen molar-refractivity contribution in [1.29, 1.82) is 0 Å². The summed E-state index contributed by atoms with van der Waals surface area (Å²) in [5, 5.41) is 12.8. The Balaban J connectivity index is 2.21. The molecule has 3 aromatic rings. The molecule has 0 saturated carbocycles. The monoisotopic (exact) mass is 927 g/mol. The summed E-state index contributed by atoms with van der Waals surface area (Å²) in [6.45, 7) is 5.33. The van der Waals surface area contributed by atoms with Crippen LogP contribution in [0.15, 0.2) is 66.7 Å². The van der Waals surface area contributed by atoms with E-state index in [1.54, 1.807) is 21.3 Å². The molecule has 0 spiro atoms. The van der Waals surface area contributed by atoms with Gasteiger partial charge in [0.15, 0.2) is 0 Å². The zero-order valence-corrected chi connectivity index (χ0v) is 32.6. The van der Waals surface area contributed by atoms with Crippen molar-refractivity contribution >= 4 is 28.5 Å². The first-order valence-electron chi connectivity index (χ1n) is 14.2. The number of benzene rings is 3. The van der Waals surface area contributed by atoms with Gasteiger partial charge in [0, 0.05) is 0 Å². The Morgan fingerprint density at radius 2 is 1.44 bits per heavy atom. The minimum atomic E-state index is -1.42. The second kappa shape index (κ2) is 16.8. The van der Waals surface area contributed by atoms with E-state index in [4.69, 9.17) is 14.2 Å². The van der Waals surface area contributed by atoms with Crippen molar-refractivity contribution in [3.05, 3.63) is 89.0 Å². The molecule has 0 saturated heterocycles. The Hall–Kier alpha value is -1.32. The first kappa shape index (κ1) is 36.2. The van der Waals surface area contributed by atoms with Gasteiger partial charge in [0.1, 0.15) is 0 Å². The molecule has 238 valence electrons. The third-order valence-corrected chi connectivity index (χ3v) is 20.1. The van der Waals surface area contributed by atoms with Gasteiger partial charge in [-0.05, 0) is 0 Å². The molecule has 0 unspecified atom stereocenters. The van der Waals surface area contributed by atoms with Gasteiger partial charge < -0.3 is 0 Å². The van der Waals surface area contributed by atoms with Crippen LogP contribution >= 0.6 is 22.6 Å². The van der Waals surface area contributed by atoms with Crippen LogP contribution in [0.1, 0.15) is 48.9 Å². The Morgan fingerprint density at radius 3 is 1.88 bits per heavy atom. The van der Waals surface area contributed by atoms with Crippen molar-refractivity contribution in [1.82, 2.24) is 4.90 Å². The van der Waals surface area contributed by atoms with Crippen molar-refractivity contribution in [3.8, 4) is 17.2 Å². The van der Waals surface area contributed by atoms with Crippen molar-refractivity contribution in [2.24, 2.45) is 5.92 Å². The predicted octanol–water partition coefficient (Wildman–Crippen LogP) is 0.287. The maximum absolute atomic E-state index is 12.8. The molecule has 43 heavy (non-hydrogen) atoms. The number of hydrogen-bond donors (Lipinski definition) is 1. The summed E-state index contributed by atoms with van der Waals surface area (Å²) in [5.74, 6) is 3.11. The molecule has 1 N–H and O–H groups in total. The topological polar surface area (TPSA) is 68.2 Å². The summed E-state index contributed by atoms with van der Waals surface area (Å²) >= 11 is 1.64. The van der Waals surface area contributed by atoms with Gasteiger partial charge in [-0.2, -0.15) is 0 Å². The number of nitrogens with zero attached hydrogens (tertiary/aromatic N) is 1. The molecule has 0 aliphatic carbocycles. The van der Waals surface area contributed by atoms with Gasteiger partial charge in [0.25, 0.3) is 0 Å². The fourth-order valence-corrected chi connectivity index (χ4v) is 14.0. The molecule has 0 aliphatic heterocycles. The third kappa shape index (κ3) is 8.69. The zero-order valence-electron chi connectivity index (χ0n) is 26.1. The van der Waals surface area contributed by atoms with Gasteiger partial charge in [-0.3, -0.25) is 0 Å². The average Bonchev–Trinajstić information content (AvgIpc) is 3.05. The summed E-state index contributed by atoms with van der Waals surface area (Å²) in [6, 6.07) is 21.5. The van der Waals surface area contributed by atoms with Crippen molar-refractivity contribution in [2.75, 3.05) is 48.7 Å². The van der Waals surface area contributed by atoms with Crippen LogP contribution in [-0.4, -0.2) is 64.6 Å².